The Kier molecular flexibility index (Phi) is 2.66. The Labute approximate surface area is 66.2 Å². The maximum atomic E-state index is 9.94. The molecule has 1 aromatic carbocycles. The fraction of sp³-hybridized carbons (Fsp3) is 0.222. The predicted molar refractivity (Wildman–Crippen MR) is 45.1 cm³/mol. The molecule has 0 aliphatic heterocycles. The van der Waals surface area contributed by atoms with E-state index < -0.39 is 0 Å². The maximum absolute atomic E-state index is 9.94. The number of aryl methyl sites for hydroxylation is 1. The van der Waals surface area contributed by atoms with Crippen LogP contribution in [0.2, 0.25) is 0 Å². The number of anilines is 1. The van der Waals surface area contributed by atoms with Crippen molar-refractivity contribution in [3.05, 3.63) is 29.8 Å². The minimum Gasteiger partial charge on any atom is -0.318 e. The Bertz CT molecular complexity index is 245. The highest BCUT2D eigenvalue weighted by molar-refractivity contribution is 5.71. The summed E-state index contributed by atoms with van der Waals surface area (Å²) in [4.78, 5) is 9.94. The first-order chi connectivity index (χ1) is 5.36. The van der Waals surface area contributed by atoms with Crippen molar-refractivity contribution in [3.63, 3.8) is 0 Å². The van der Waals surface area contributed by atoms with E-state index in [-0.39, 0.29) is 0 Å². The number of hydrogen-bond acceptors (Lipinski definition) is 1. The molecule has 0 saturated carbocycles. The predicted octanol–water partition coefficient (Wildman–Crippen LogP) is 1.73. The molecule has 1 amide bonds. The Morgan fingerprint density at radius 1 is 1.55 bits per heavy atom. The van der Waals surface area contributed by atoms with Gasteiger partial charge in [0.1, 0.15) is 0 Å². The van der Waals surface area contributed by atoms with Crippen LogP contribution in [0.1, 0.15) is 12.5 Å². The van der Waals surface area contributed by atoms with Gasteiger partial charge in [-0.1, -0.05) is 19.1 Å². The molecule has 0 heterocycles. The molecule has 0 spiro atoms. The Morgan fingerprint density at radius 3 is 3.00 bits per heavy atom. The molecule has 1 radical (unpaired) electrons. The third kappa shape index (κ3) is 2.08. The van der Waals surface area contributed by atoms with Crippen molar-refractivity contribution in [3.8, 4) is 0 Å². The summed E-state index contributed by atoms with van der Waals surface area (Å²) < 4.78 is 0. The van der Waals surface area contributed by atoms with Gasteiger partial charge >= 0.3 is 6.41 Å². The van der Waals surface area contributed by atoms with E-state index in [0.29, 0.717) is 0 Å². The minimum absolute atomic E-state index is 0.805. The molecule has 2 nitrogen and oxygen atoms in total. The van der Waals surface area contributed by atoms with Crippen LogP contribution in [0.3, 0.4) is 0 Å². The molecule has 0 aliphatic carbocycles. The highest BCUT2D eigenvalue weighted by Crippen LogP contribution is 2.09. The molecular formula is C9H10NO. The number of carbonyl (C=O) groups excluding carboxylic acids is 1. The molecule has 1 aromatic rings. The molecule has 0 bridgehead atoms. The van der Waals surface area contributed by atoms with E-state index in [9.17, 15) is 4.79 Å². The first-order valence-electron chi connectivity index (χ1n) is 3.59. The normalized spacial score (nSPS) is 9.18. The lowest BCUT2D eigenvalue weighted by Gasteiger charge is -1.99. The van der Waals surface area contributed by atoms with Crippen LogP contribution in [0.4, 0.5) is 5.69 Å². The lowest BCUT2D eigenvalue weighted by atomic mass is 10.1. The highest BCUT2D eigenvalue weighted by Gasteiger charge is 1.91. The Morgan fingerprint density at radius 2 is 2.36 bits per heavy atom. The maximum Gasteiger partial charge on any atom is 0.314 e. The van der Waals surface area contributed by atoms with Crippen molar-refractivity contribution < 1.29 is 4.79 Å². The topological polar surface area (TPSA) is 29.1 Å². The van der Waals surface area contributed by atoms with E-state index in [1.54, 1.807) is 6.41 Å². The summed E-state index contributed by atoms with van der Waals surface area (Å²) in [5, 5.41) is 2.48. The monoisotopic (exact) mass is 148 g/mol. The van der Waals surface area contributed by atoms with Crippen LogP contribution in [-0.2, 0) is 11.2 Å². The van der Waals surface area contributed by atoms with Crippen LogP contribution in [0.5, 0.6) is 0 Å². The molecule has 1 rings (SSSR count). The van der Waals surface area contributed by atoms with E-state index in [2.05, 4.69) is 12.2 Å². The van der Waals surface area contributed by atoms with E-state index in [1.165, 1.54) is 5.56 Å². The lowest BCUT2D eigenvalue weighted by Crippen LogP contribution is -1.93. The first kappa shape index (κ1) is 7.79. The van der Waals surface area contributed by atoms with E-state index in [4.69, 9.17) is 0 Å². The number of benzene rings is 1. The van der Waals surface area contributed by atoms with Gasteiger partial charge in [0, 0.05) is 5.69 Å². The van der Waals surface area contributed by atoms with Crippen LogP contribution in [-0.4, -0.2) is 6.41 Å². The summed E-state index contributed by atoms with van der Waals surface area (Å²) in [7, 11) is 0. The molecule has 11 heavy (non-hydrogen) atoms. The van der Waals surface area contributed by atoms with Crippen LogP contribution < -0.4 is 5.32 Å². The van der Waals surface area contributed by atoms with Crippen LogP contribution in [0.15, 0.2) is 24.3 Å². The second kappa shape index (κ2) is 3.76. The Hall–Kier alpha value is -1.31. The number of amides is 1. The minimum atomic E-state index is 0.805. The average Bonchev–Trinajstić information content (AvgIpc) is 2.06. The molecule has 0 fully saturated rings. The van der Waals surface area contributed by atoms with Crippen molar-refractivity contribution in [2.75, 3.05) is 5.32 Å². The van der Waals surface area contributed by atoms with Gasteiger partial charge in [-0.05, 0) is 24.1 Å². The van der Waals surface area contributed by atoms with E-state index >= 15 is 0 Å². The van der Waals surface area contributed by atoms with Crippen molar-refractivity contribution >= 4 is 12.1 Å². The number of rotatable bonds is 3. The third-order valence-electron chi connectivity index (χ3n) is 1.53. The van der Waals surface area contributed by atoms with Gasteiger partial charge in [0.25, 0.3) is 0 Å². The summed E-state index contributed by atoms with van der Waals surface area (Å²) in [5.74, 6) is 0. The number of nitrogens with one attached hydrogen (secondary N) is 1. The fourth-order valence-corrected chi connectivity index (χ4v) is 0.928. The molecule has 57 valence electrons. The largest absolute Gasteiger partial charge is 0.318 e. The van der Waals surface area contributed by atoms with Gasteiger partial charge in [0.2, 0.25) is 0 Å². The van der Waals surface area contributed by atoms with Gasteiger partial charge in [-0.3, -0.25) is 4.79 Å². The molecule has 1 N–H and O–H groups in total. The van der Waals surface area contributed by atoms with Crippen molar-refractivity contribution in [1.29, 1.82) is 0 Å². The second-order valence-corrected chi connectivity index (χ2v) is 2.28. The van der Waals surface area contributed by atoms with E-state index in [0.717, 1.165) is 12.1 Å². The molecule has 0 saturated heterocycles. The second-order valence-electron chi connectivity index (χ2n) is 2.28. The summed E-state index contributed by atoms with van der Waals surface area (Å²) >= 11 is 0. The van der Waals surface area contributed by atoms with Crippen LogP contribution >= 0.6 is 0 Å². The zero-order valence-electron chi connectivity index (χ0n) is 6.42. The molecule has 0 unspecified atom stereocenters. The molecule has 0 aromatic heterocycles. The van der Waals surface area contributed by atoms with Gasteiger partial charge in [0.15, 0.2) is 0 Å². The van der Waals surface area contributed by atoms with E-state index in [1.807, 2.05) is 24.3 Å². The van der Waals surface area contributed by atoms with Crippen LogP contribution in [0.25, 0.3) is 0 Å². The van der Waals surface area contributed by atoms with Gasteiger partial charge in [-0.15, -0.1) is 0 Å². The SMILES string of the molecule is CCc1cccc(N[C]=O)c1. The van der Waals surface area contributed by atoms with Gasteiger partial charge in [-0.25, -0.2) is 0 Å². The summed E-state index contributed by atoms with van der Waals surface area (Å²) in [5.41, 5.74) is 2.02. The molecule has 0 aliphatic rings. The molecular weight excluding hydrogens is 138 g/mol. The zero-order valence-corrected chi connectivity index (χ0v) is 6.42. The highest BCUT2D eigenvalue weighted by atomic mass is 16.1. The summed E-state index contributed by atoms with van der Waals surface area (Å²) in [6.45, 7) is 2.07. The molecule has 0 atom stereocenters. The standard InChI is InChI=1S/C9H10NO/c1-2-8-4-3-5-9(6-8)10-7-11/h3-6H,2H2,1H3,(H,10,11). The van der Waals surface area contributed by atoms with Crippen molar-refractivity contribution in [1.82, 2.24) is 0 Å². The number of hydrogen-bond donors (Lipinski definition) is 1. The lowest BCUT2D eigenvalue weighted by molar-refractivity contribution is 0.561. The summed E-state index contributed by atoms with van der Waals surface area (Å²) in [6, 6.07) is 7.71. The van der Waals surface area contributed by atoms with Gasteiger partial charge in [0.05, 0.1) is 0 Å². The van der Waals surface area contributed by atoms with Crippen molar-refractivity contribution in [2.45, 2.75) is 13.3 Å². The average molecular weight is 148 g/mol. The zero-order chi connectivity index (χ0) is 8.10. The van der Waals surface area contributed by atoms with Gasteiger partial charge < -0.3 is 5.32 Å². The Balaban J connectivity index is 2.82. The van der Waals surface area contributed by atoms with Gasteiger partial charge in [-0.2, -0.15) is 0 Å². The van der Waals surface area contributed by atoms with Crippen molar-refractivity contribution in [2.24, 2.45) is 0 Å². The summed E-state index contributed by atoms with van der Waals surface area (Å²) in [6.07, 6.45) is 2.62. The quantitative estimate of drug-likeness (QED) is 0.650. The van der Waals surface area contributed by atoms with Crippen LogP contribution in [0, 0.1) is 0 Å². The first-order valence-corrected chi connectivity index (χ1v) is 3.59. The third-order valence-corrected chi connectivity index (χ3v) is 1.53. The molecule has 2 heteroatoms. The smallest absolute Gasteiger partial charge is 0.314 e. The fourth-order valence-electron chi connectivity index (χ4n) is 0.928.